The van der Waals surface area contributed by atoms with Crippen LogP contribution >= 0.6 is 0 Å². The van der Waals surface area contributed by atoms with Crippen molar-refractivity contribution in [1.29, 1.82) is 0 Å². The van der Waals surface area contributed by atoms with Gasteiger partial charge in [0.25, 0.3) is 0 Å². The van der Waals surface area contributed by atoms with E-state index in [1.54, 1.807) is 16.4 Å². The first-order valence-corrected chi connectivity index (χ1v) is 13.7. The minimum Gasteiger partial charge on any atom is -0.207 e. The number of benzene rings is 3. The molecule has 0 aliphatic carbocycles. The van der Waals surface area contributed by atoms with Crippen LogP contribution < -0.4 is 0 Å². The lowest BCUT2D eigenvalue weighted by atomic mass is 9.86. The summed E-state index contributed by atoms with van der Waals surface area (Å²) in [4.78, 5) is 0.384. The summed E-state index contributed by atoms with van der Waals surface area (Å²) < 4.78 is 28.8. The Hall–Kier alpha value is -2.43. The molecule has 3 aromatic carbocycles. The molecule has 0 unspecified atom stereocenters. The molecule has 3 nitrogen and oxygen atoms in total. The normalized spacial score (nSPS) is 13.9. The molecule has 4 heteroatoms. The third-order valence-corrected chi connectivity index (χ3v) is 8.56. The monoisotopic (exact) mass is 461 g/mol. The van der Waals surface area contributed by atoms with Crippen molar-refractivity contribution in [2.75, 3.05) is 0 Å². The summed E-state index contributed by atoms with van der Waals surface area (Å²) in [6, 6.07) is 20.2. The second-order valence-electron chi connectivity index (χ2n) is 9.18. The van der Waals surface area contributed by atoms with Gasteiger partial charge in [-0.15, -0.1) is 0 Å². The Morgan fingerprint density at radius 1 is 0.818 bits per heavy atom. The van der Waals surface area contributed by atoms with Gasteiger partial charge in [-0.05, 0) is 78.1 Å². The number of rotatable bonds is 9. The highest BCUT2D eigenvalue weighted by molar-refractivity contribution is 7.89. The molecule has 1 aliphatic rings. The van der Waals surface area contributed by atoms with Crippen LogP contribution in [0.15, 0.2) is 65.6 Å². The maximum absolute atomic E-state index is 13.5. The molecule has 4 rings (SSSR count). The lowest BCUT2D eigenvalue weighted by Crippen LogP contribution is -2.25. The molecule has 3 aromatic rings. The van der Waals surface area contributed by atoms with Gasteiger partial charge >= 0.3 is 0 Å². The molecule has 0 N–H and O–H groups in total. The zero-order valence-electron chi connectivity index (χ0n) is 20.1. The summed E-state index contributed by atoms with van der Waals surface area (Å²) in [5, 5.41) is 0. The van der Waals surface area contributed by atoms with Crippen LogP contribution in [0.3, 0.4) is 0 Å². The molecule has 0 atom stereocenters. The second-order valence-corrected chi connectivity index (χ2v) is 11.1. The van der Waals surface area contributed by atoms with Gasteiger partial charge in [0, 0.05) is 13.1 Å². The molecule has 1 aliphatic heterocycles. The standard InChI is InChI=1S/C29H35NO2S/c1-4-6-11-24-19-27(23-12-9-8-10-13-23)26(14-7-5-2)29-21-30(20-28(24)29)33(31,32)25-17-15-22(3)16-18-25/h8-10,12-13,15-19H,4-7,11,14,20-21H2,1-3H3. The first-order chi connectivity index (χ1) is 16.0. The molecule has 174 valence electrons. The number of sulfonamides is 1. The highest BCUT2D eigenvalue weighted by Gasteiger charge is 2.34. The van der Waals surface area contributed by atoms with Gasteiger partial charge in [-0.25, -0.2) is 8.42 Å². The Morgan fingerprint density at radius 2 is 1.45 bits per heavy atom. The summed E-state index contributed by atoms with van der Waals surface area (Å²) in [5.41, 5.74) is 8.70. The molecular weight excluding hydrogens is 426 g/mol. The van der Waals surface area contributed by atoms with Crippen LogP contribution in [0.5, 0.6) is 0 Å². The molecule has 0 amide bonds. The third kappa shape index (κ3) is 4.92. The highest BCUT2D eigenvalue weighted by Crippen LogP contribution is 2.39. The number of hydrogen-bond donors (Lipinski definition) is 0. The summed E-state index contributed by atoms with van der Waals surface area (Å²) >= 11 is 0. The fourth-order valence-electron chi connectivity index (χ4n) is 4.82. The predicted octanol–water partition coefficient (Wildman–Crippen LogP) is 7.05. The van der Waals surface area contributed by atoms with Crippen LogP contribution in [-0.2, 0) is 36.0 Å². The Kier molecular flexibility index (Phi) is 7.35. The van der Waals surface area contributed by atoms with E-state index >= 15 is 0 Å². The molecule has 33 heavy (non-hydrogen) atoms. The van der Waals surface area contributed by atoms with Crippen molar-refractivity contribution in [2.45, 2.75) is 77.3 Å². The van der Waals surface area contributed by atoms with Gasteiger partial charge in [0.15, 0.2) is 0 Å². The number of hydrogen-bond acceptors (Lipinski definition) is 2. The Labute approximate surface area is 199 Å². The van der Waals surface area contributed by atoms with E-state index in [4.69, 9.17) is 0 Å². The average molecular weight is 462 g/mol. The van der Waals surface area contributed by atoms with Crippen molar-refractivity contribution in [1.82, 2.24) is 4.31 Å². The van der Waals surface area contributed by atoms with E-state index < -0.39 is 10.0 Å². The second kappa shape index (κ2) is 10.2. The highest BCUT2D eigenvalue weighted by atomic mass is 32.2. The van der Waals surface area contributed by atoms with E-state index in [0.717, 1.165) is 44.1 Å². The van der Waals surface area contributed by atoms with Crippen LogP contribution in [0.4, 0.5) is 0 Å². The summed E-state index contributed by atoms with van der Waals surface area (Å²) in [5.74, 6) is 0. The van der Waals surface area contributed by atoms with E-state index in [1.807, 2.05) is 19.1 Å². The number of aryl methyl sites for hydroxylation is 2. The topological polar surface area (TPSA) is 37.4 Å². The van der Waals surface area contributed by atoms with Crippen LogP contribution in [0.25, 0.3) is 11.1 Å². The van der Waals surface area contributed by atoms with Crippen molar-refractivity contribution in [3.05, 3.63) is 88.5 Å². The molecule has 0 spiro atoms. The van der Waals surface area contributed by atoms with Crippen molar-refractivity contribution < 1.29 is 8.42 Å². The largest absolute Gasteiger partial charge is 0.243 e. The first kappa shape index (κ1) is 23.7. The maximum atomic E-state index is 13.5. The predicted molar refractivity (Wildman–Crippen MR) is 137 cm³/mol. The van der Waals surface area contributed by atoms with Crippen molar-refractivity contribution in [3.63, 3.8) is 0 Å². The molecule has 0 bridgehead atoms. The molecule has 0 saturated carbocycles. The quantitative estimate of drug-likeness (QED) is 0.342. The fraction of sp³-hybridized carbons (Fsp3) is 0.379. The zero-order chi connectivity index (χ0) is 23.4. The average Bonchev–Trinajstić information content (AvgIpc) is 3.29. The van der Waals surface area contributed by atoms with E-state index in [1.165, 1.54) is 33.4 Å². The summed E-state index contributed by atoms with van der Waals surface area (Å²) in [7, 11) is -3.54. The molecule has 0 radical (unpaired) electrons. The summed E-state index contributed by atoms with van der Waals surface area (Å²) in [6.45, 7) is 7.34. The van der Waals surface area contributed by atoms with Gasteiger partial charge in [-0.3, -0.25) is 0 Å². The number of fused-ring (bicyclic) bond motifs is 1. The van der Waals surface area contributed by atoms with E-state index in [9.17, 15) is 8.42 Å². The van der Waals surface area contributed by atoms with Gasteiger partial charge in [0.2, 0.25) is 10.0 Å². The molecule has 0 saturated heterocycles. The van der Waals surface area contributed by atoms with Crippen molar-refractivity contribution >= 4 is 10.0 Å². The Balaban J connectivity index is 1.82. The molecular formula is C29H35NO2S. The zero-order valence-corrected chi connectivity index (χ0v) is 20.9. The minimum atomic E-state index is -3.54. The van der Waals surface area contributed by atoms with Gasteiger partial charge in [-0.1, -0.05) is 80.8 Å². The van der Waals surface area contributed by atoms with Gasteiger partial charge < -0.3 is 0 Å². The van der Waals surface area contributed by atoms with E-state index in [0.29, 0.717) is 18.0 Å². The van der Waals surface area contributed by atoms with Crippen molar-refractivity contribution in [2.24, 2.45) is 0 Å². The third-order valence-electron chi connectivity index (χ3n) is 6.75. The first-order valence-electron chi connectivity index (χ1n) is 12.2. The van der Waals surface area contributed by atoms with Gasteiger partial charge in [-0.2, -0.15) is 4.31 Å². The Morgan fingerprint density at radius 3 is 2.12 bits per heavy atom. The molecule has 1 heterocycles. The SMILES string of the molecule is CCCCc1cc(-c2ccccc2)c(CCCC)c2c1CN(S(=O)(=O)c1ccc(C)cc1)C2. The lowest BCUT2D eigenvalue weighted by Gasteiger charge is -2.18. The van der Waals surface area contributed by atoms with Crippen LogP contribution in [-0.4, -0.2) is 12.7 Å². The maximum Gasteiger partial charge on any atom is 0.243 e. The van der Waals surface area contributed by atoms with Crippen LogP contribution in [0.1, 0.15) is 67.3 Å². The molecule has 0 aromatic heterocycles. The number of unbranched alkanes of at least 4 members (excludes halogenated alkanes) is 2. The van der Waals surface area contributed by atoms with Gasteiger partial charge in [0.05, 0.1) is 4.90 Å². The fourth-order valence-corrected chi connectivity index (χ4v) is 6.19. The molecule has 0 fully saturated rings. The van der Waals surface area contributed by atoms with E-state index in [-0.39, 0.29) is 0 Å². The lowest BCUT2D eigenvalue weighted by molar-refractivity contribution is 0.430. The van der Waals surface area contributed by atoms with Crippen molar-refractivity contribution in [3.8, 4) is 11.1 Å². The van der Waals surface area contributed by atoms with E-state index in [2.05, 4.69) is 50.2 Å². The number of nitrogens with zero attached hydrogens (tertiary/aromatic N) is 1. The van der Waals surface area contributed by atoms with Crippen LogP contribution in [0.2, 0.25) is 0 Å². The summed E-state index contributed by atoms with van der Waals surface area (Å²) in [6.07, 6.45) is 6.43. The smallest absolute Gasteiger partial charge is 0.207 e. The Bertz CT molecular complexity index is 1200. The minimum absolute atomic E-state index is 0.384. The van der Waals surface area contributed by atoms with Crippen LogP contribution in [0, 0.1) is 6.92 Å². The van der Waals surface area contributed by atoms with Gasteiger partial charge in [0.1, 0.15) is 0 Å².